The van der Waals surface area contributed by atoms with Gasteiger partial charge in [0.1, 0.15) is 0 Å². The summed E-state index contributed by atoms with van der Waals surface area (Å²) in [5, 5.41) is 5.31. The van der Waals surface area contributed by atoms with E-state index in [9.17, 15) is 18.0 Å². The Morgan fingerprint density at radius 3 is 2.10 bits per heavy atom. The standard InChI is InChI=1S/C15H13F3N2O/c1-10(21)19-11-6-8-12(9-7-11)20-14-5-3-2-4-13(14)15(16,17)18/h2-9,20H,1H3,(H,19,21). The number of carbonyl (C=O) groups excluding carboxylic acids is 1. The van der Waals surface area contributed by atoms with Crippen molar-refractivity contribution in [3.63, 3.8) is 0 Å². The molecule has 0 spiro atoms. The summed E-state index contributed by atoms with van der Waals surface area (Å²) in [6, 6.07) is 11.7. The molecule has 21 heavy (non-hydrogen) atoms. The molecule has 0 bridgehead atoms. The van der Waals surface area contributed by atoms with Crippen LogP contribution in [0.5, 0.6) is 0 Å². The molecule has 0 unspecified atom stereocenters. The lowest BCUT2D eigenvalue weighted by molar-refractivity contribution is -0.136. The largest absolute Gasteiger partial charge is 0.418 e. The molecule has 0 heterocycles. The van der Waals surface area contributed by atoms with E-state index in [0.717, 1.165) is 6.07 Å². The zero-order valence-corrected chi connectivity index (χ0v) is 11.2. The maximum absolute atomic E-state index is 12.9. The maximum Gasteiger partial charge on any atom is 0.418 e. The van der Waals surface area contributed by atoms with Crippen molar-refractivity contribution >= 4 is 23.0 Å². The number of nitrogens with one attached hydrogen (secondary N) is 2. The molecule has 0 atom stereocenters. The average Bonchev–Trinajstić information content (AvgIpc) is 2.40. The van der Waals surface area contributed by atoms with Gasteiger partial charge in [0, 0.05) is 18.3 Å². The minimum absolute atomic E-state index is 0.0164. The molecule has 0 saturated carbocycles. The van der Waals surface area contributed by atoms with Crippen LogP contribution in [0.15, 0.2) is 48.5 Å². The molecule has 0 aliphatic carbocycles. The van der Waals surface area contributed by atoms with Crippen LogP contribution in [0.1, 0.15) is 12.5 Å². The summed E-state index contributed by atoms with van der Waals surface area (Å²) in [4.78, 5) is 10.9. The van der Waals surface area contributed by atoms with Gasteiger partial charge in [-0.3, -0.25) is 4.79 Å². The van der Waals surface area contributed by atoms with Crippen molar-refractivity contribution in [3.8, 4) is 0 Å². The first-order chi connectivity index (χ1) is 9.86. The van der Waals surface area contributed by atoms with Gasteiger partial charge >= 0.3 is 6.18 Å². The highest BCUT2D eigenvalue weighted by atomic mass is 19.4. The molecule has 0 saturated heterocycles. The van der Waals surface area contributed by atoms with E-state index in [1.807, 2.05) is 0 Å². The van der Waals surface area contributed by atoms with Gasteiger partial charge in [-0.2, -0.15) is 13.2 Å². The summed E-state index contributed by atoms with van der Waals surface area (Å²) >= 11 is 0. The fourth-order valence-corrected chi connectivity index (χ4v) is 1.83. The minimum Gasteiger partial charge on any atom is -0.355 e. The van der Waals surface area contributed by atoms with Crippen molar-refractivity contribution in [2.24, 2.45) is 0 Å². The highest BCUT2D eigenvalue weighted by Crippen LogP contribution is 2.35. The van der Waals surface area contributed by atoms with Crippen LogP contribution in [0.25, 0.3) is 0 Å². The predicted molar refractivity (Wildman–Crippen MR) is 75.5 cm³/mol. The molecule has 110 valence electrons. The smallest absolute Gasteiger partial charge is 0.355 e. The molecule has 2 N–H and O–H groups in total. The Balaban J connectivity index is 2.21. The first-order valence-corrected chi connectivity index (χ1v) is 6.17. The fourth-order valence-electron chi connectivity index (χ4n) is 1.83. The second-order valence-electron chi connectivity index (χ2n) is 4.43. The molecule has 0 radical (unpaired) electrons. The van der Waals surface area contributed by atoms with Crippen molar-refractivity contribution < 1.29 is 18.0 Å². The number of hydrogen-bond donors (Lipinski definition) is 2. The normalized spacial score (nSPS) is 11.0. The van der Waals surface area contributed by atoms with Crippen LogP contribution in [0.2, 0.25) is 0 Å². The number of benzene rings is 2. The number of alkyl halides is 3. The minimum atomic E-state index is -4.42. The van der Waals surface area contributed by atoms with Crippen molar-refractivity contribution in [1.82, 2.24) is 0 Å². The molecule has 3 nitrogen and oxygen atoms in total. The van der Waals surface area contributed by atoms with Crippen LogP contribution in [-0.4, -0.2) is 5.91 Å². The number of hydrogen-bond acceptors (Lipinski definition) is 2. The summed E-state index contributed by atoms with van der Waals surface area (Å²) in [7, 11) is 0. The zero-order chi connectivity index (χ0) is 15.5. The summed E-state index contributed by atoms with van der Waals surface area (Å²) in [5.41, 5.74) is 0.339. The van der Waals surface area contributed by atoms with Crippen molar-refractivity contribution in [1.29, 1.82) is 0 Å². The van der Waals surface area contributed by atoms with E-state index in [1.54, 1.807) is 24.3 Å². The van der Waals surface area contributed by atoms with Crippen LogP contribution in [0.3, 0.4) is 0 Å². The topological polar surface area (TPSA) is 41.1 Å². The summed E-state index contributed by atoms with van der Waals surface area (Å²) < 4.78 is 38.6. The van der Waals surface area contributed by atoms with E-state index in [0.29, 0.717) is 11.4 Å². The van der Waals surface area contributed by atoms with Gasteiger partial charge in [-0.25, -0.2) is 0 Å². The molecule has 0 aliphatic heterocycles. The van der Waals surface area contributed by atoms with Gasteiger partial charge in [-0.15, -0.1) is 0 Å². The molecular weight excluding hydrogens is 281 g/mol. The third-order valence-corrected chi connectivity index (χ3v) is 2.72. The Morgan fingerprint density at radius 1 is 0.952 bits per heavy atom. The quantitative estimate of drug-likeness (QED) is 0.880. The van der Waals surface area contributed by atoms with Gasteiger partial charge in [0.2, 0.25) is 5.91 Å². The molecule has 2 rings (SSSR count). The van der Waals surface area contributed by atoms with Crippen LogP contribution >= 0.6 is 0 Å². The van der Waals surface area contributed by atoms with Crippen molar-refractivity contribution in [2.45, 2.75) is 13.1 Å². The first-order valence-electron chi connectivity index (χ1n) is 6.17. The summed E-state index contributed by atoms with van der Waals surface area (Å²) in [6.07, 6.45) is -4.42. The Hall–Kier alpha value is -2.50. The van der Waals surface area contributed by atoms with E-state index < -0.39 is 11.7 Å². The lowest BCUT2D eigenvalue weighted by atomic mass is 10.1. The average molecular weight is 294 g/mol. The maximum atomic E-state index is 12.9. The lowest BCUT2D eigenvalue weighted by Gasteiger charge is -2.14. The molecule has 2 aromatic carbocycles. The van der Waals surface area contributed by atoms with E-state index in [-0.39, 0.29) is 11.6 Å². The van der Waals surface area contributed by atoms with Gasteiger partial charge < -0.3 is 10.6 Å². The van der Waals surface area contributed by atoms with E-state index in [2.05, 4.69) is 10.6 Å². The van der Waals surface area contributed by atoms with Gasteiger partial charge in [0.05, 0.1) is 11.3 Å². The summed E-state index contributed by atoms with van der Waals surface area (Å²) in [6.45, 7) is 1.38. The van der Waals surface area contributed by atoms with Gasteiger partial charge in [0.15, 0.2) is 0 Å². The molecule has 2 aromatic rings. The second kappa shape index (κ2) is 5.87. The Morgan fingerprint density at radius 2 is 1.52 bits per heavy atom. The zero-order valence-electron chi connectivity index (χ0n) is 11.2. The molecular formula is C15H13F3N2O. The molecule has 1 amide bonds. The van der Waals surface area contributed by atoms with E-state index in [1.165, 1.54) is 25.1 Å². The Labute approximate surface area is 119 Å². The molecule has 0 aliphatic rings. The first kappa shape index (κ1) is 14.9. The van der Waals surface area contributed by atoms with Crippen molar-refractivity contribution in [3.05, 3.63) is 54.1 Å². The predicted octanol–water partition coefficient (Wildman–Crippen LogP) is 4.41. The number of halogens is 3. The van der Waals surface area contributed by atoms with Gasteiger partial charge in [-0.05, 0) is 36.4 Å². The highest BCUT2D eigenvalue weighted by Gasteiger charge is 2.33. The third-order valence-electron chi connectivity index (χ3n) is 2.72. The fraction of sp³-hybridized carbons (Fsp3) is 0.133. The van der Waals surface area contributed by atoms with Crippen LogP contribution in [0, 0.1) is 0 Å². The number of amides is 1. The number of rotatable bonds is 3. The highest BCUT2D eigenvalue weighted by molar-refractivity contribution is 5.88. The number of para-hydroxylation sites is 1. The second-order valence-corrected chi connectivity index (χ2v) is 4.43. The SMILES string of the molecule is CC(=O)Nc1ccc(Nc2ccccc2C(F)(F)F)cc1. The third kappa shape index (κ3) is 3.98. The molecule has 0 aromatic heterocycles. The van der Waals surface area contributed by atoms with Crippen LogP contribution in [-0.2, 0) is 11.0 Å². The van der Waals surface area contributed by atoms with Crippen molar-refractivity contribution in [2.75, 3.05) is 10.6 Å². The lowest BCUT2D eigenvalue weighted by Crippen LogP contribution is -2.08. The van der Waals surface area contributed by atoms with E-state index in [4.69, 9.17) is 0 Å². The number of carbonyl (C=O) groups is 1. The Bertz CT molecular complexity index is 636. The van der Waals surface area contributed by atoms with Crippen LogP contribution < -0.4 is 10.6 Å². The molecule has 6 heteroatoms. The van der Waals surface area contributed by atoms with Crippen LogP contribution in [0.4, 0.5) is 30.2 Å². The summed E-state index contributed by atoms with van der Waals surface area (Å²) in [5.74, 6) is -0.210. The number of anilines is 3. The van der Waals surface area contributed by atoms with Gasteiger partial charge in [-0.1, -0.05) is 12.1 Å². The Kier molecular flexibility index (Phi) is 4.16. The monoisotopic (exact) mass is 294 g/mol. The van der Waals surface area contributed by atoms with Gasteiger partial charge in [0.25, 0.3) is 0 Å². The molecule has 0 fully saturated rings. The van der Waals surface area contributed by atoms with E-state index >= 15 is 0 Å².